The van der Waals surface area contributed by atoms with Crippen molar-refractivity contribution in [3.63, 3.8) is 0 Å². The summed E-state index contributed by atoms with van der Waals surface area (Å²) in [5.74, 6) is -0.292. The van der Waals surface area contributed by atoms with Crippen LogP contribution in [0.5, 0.6) is 11.5 Å². The smallest absolute Gasteiger partial charge is 0.349 e. The molecule has 28 heavy (non-hydrogen) atoms. The lowest BCUT2D eigenvalue weighted by Gasteiger charge is -2.23. The summed E-state index contributed by atoms with van der Waals surface area (Å²) in [6.07, 6.45) is 0.110. The van der Waals surface area contributed by atoms with E-state index in [1.54, 1.807) is 6.07 Å². The molecule has 8 nitrogen and oxygen atoms in total. The monoisotopic (exact) mass is 387 g/mol. The fourth-order valence-corrected chi connectivity index (χ4v) is 2.90. The van der Waals surface area contributed by atoms with Gasteiger partial charge in [-0.25, -0.2) is 4.79 Å². The van der Waals surface area contributed by atoms with Gasteiger partial charge in [-0.15, -0.1) is 0 Å². The second-order valence-electron chi connectivity index (χ2n) is 6.40. The zero-order valence-corrected chi connectivity index (χ0v) is 15.7. The van der Waals surface area contributed by atoms with Gasteiger partial charge in [0, 0.05) is 11.6 Å². The summed E-state index contributed by atoms with van der Waals surface area (Å²) in [7, 11) is 0. The van der Waals surface area contributed by atoms with Gasteiger partial charge >= 0.3 is 11.7 Å². The highest BCUT2D eigenvalue weighted by Gasteiger charge is 2.24. The predicted molar refractivity (Wildman–Crippen MR) is 99.4 cm³/mol. The molecule has 1 aliphatic heterocycles. The van der Waals surface area contributed by atoms with Crippen molar-refractivity contribution in [3.05, 3.63) is 63.2 Å². The Hall–Kier alpha value is -2.97. The van der Waals surface area contributed by atoms with Crippen LogP contribution in [-0.4, -0.2) is 30.7 Å². The van der Waals surface area contributed by atoms with Gasteiger partial charge in [-0.2, -0.15) is 0 Å². The lowest BCUT2D eigenvalue weighted by Crippen LogP contribution is -2.20. The van der Waals surface area contributed by atoms with Gasteiger partial charge in [-0.05, 0) is 43.5 Å². The molecular formula is C20H21NO7. The van der Waals surface area contributed by atoms with Crippen LogP contribution in [0.3, 0.4) is 0 Å². The van der Waals surface area contributed by atoms with Gasteiger partial charge in [0.15, 0.2) is 12.9 Å². The molecule has 3 rings (SSSR count). The van der Waals surface area contributed by atoms with E-state index in [2.05, 4.69) is 0 Å². The van der Waals surface area contributed by atoms with Crippen LogP contribution < -0.4 is 9.47 Å². The van der Waals surface area contributed by atoms with Crippen molar-refractivity contribution in [2.24, 2.45) is 0 Å². The summed E-state index contributed by atoms with van der Waals surface area (Å²) in [6.45, 7) is 4.41. The Morgan fingerprint density at radius 2 is 1.86 bits per heavy atom. The number of benzene rings is 2. The Morgan fingerprint density at radius 3 is 2.50 bits per heavy atom. The molecule has 0 saturated carbocycles. The van der Waals surface area contributed by atoms with Gasteiger partial charge in [-0.3, -0.25) is 10.1 Å². The third-order valence-electron chi connectivity index (χ3n) is 4.25. The molecule has 2 aromatic carbocycles. The Kier molecular flexibility index (Phi) is 6.23. The van der Waals surface area contributed by atoms with Crippen molar-refractivity contribution in [2.45, 2.75) is 26.6 Å². The van der Waals surface area contributed by atoms with Crippen LogP contribution in [0, 0.1) is 24.0 Å². The first-order valence-corrected chi connectivity index (χ1v) is 8.87. The molecule has 0 spiro atoms. The molecule has 0 atom stereocenters. The molecule has 0 unspecified atom stereocenters. The number of ether oxygens (including phenoxy) is 4. The highest BCUT2D eigenvalue weighted by atomic mass is 16.7. The second kappa shape index (κ2) is 8.81. The first-order chi connectivity index (χ1) is 13.5. The average molecular weight is 387 g/mol. The van der Waals surface area contributed by atoms with Gasteiger partial charge in [0.2, 0.25) is 5.75 Å². The third kappa shape index (κ3) is 4.65. The number of nitrogens with zero attached hydrogens (tertiary/aromatic N) is 1. The van der Waals surface area contributed by atoms with E-state index >= 15 is 0 Å². The standard InChI is InChI=1S/C20H21NO7/c1-13-5-3-6-14(2)19(13)27-12-18(22)28-17-8-7-15(11-16(17)21(23)24)20-25-9-4-10-26-20/h3,5-8,11,20H,4,9-10,12H2,1-2H3. The first-order valence-electron chi connectivity index (χ1n) is 8.87. The normalized spacial score (nSPS) is 14.5. The molecule has 0 aromatic heterocycles. The molecule has 8 heteroatoms. The number of carbonyl (C=O) groups is 1. The third-order valence-corrected chi connectivity index (χ3v) is 4.25. The number of aryl methyl sites for hydroxylation is 2. The van der Waals surface area contributed by atoms with Crippen LogP contribution in [0.25, 0.3) is 0 Å². The van der Waals surface area contributed by atoms with Crippen molar-refractivity contribution in [3.8, 4) is 11.5 Å². The molecule has 148 valence electrons. The molecule has 2 aromatic rings. The number of nitro benzene ring substituents is 1. The first kappa shape index (κ1) is 19.8. The van der Waals surface area contributed by atoms with Crippen molar-refractivity contribution in [1.29, 1.82) is 0 Å². The van der Waals surface area contributed by atoms with E-state index < -0.39 is 17.2 Å². The molecule has 1 heterocycles. The quantitative estimate of drug-likeness (QED) is 0.323. The maximum Gasteiger partial charge on any atom is 0.349 e. The summed E-state index contributed by atoms with van der Waals surface area (Å²) in [6, 6.07) is 9.87. The molecule has 1 fully saturated rings. The number of nitro groups is 1. The maximum absolute atomic E-state index is 12.2. The minimum atomic E-state index is -0.733. The van der Waals surface area contributed by atoms with Crippen molar-refractivity contribution < 1.29 is 28.7 Å². The number of para-hydroxylation sites is 1. The average Bonchev–Trinajstić information content (AvgIpc) is 2.68. The van der Waals surface area contributed by atoms with E-state index in [0.29, 0.717) is 24.5 Å². The second-order valence-corrected chi connectivity index (χ2v) is 6.40. The highest BCUT2D eigenvalue weighted by Crippen LogP contribution is 2.33. The topological polar surface area (TPSA) is 97.1 Å². The lowest BCUT2D eigenvalue weighted by molar-refractivity contribution is -0.385. The van der Waals surface area contributed by atoms with E-state index in [9.17, 15) is 14.9 Å². The molecule has 1 aliphatic rings. The molecular weight excluding hydrogens is 366 g/mol. The van der Waals surface area contributed by atoms with Crippen LogP contribution >= 0.6 is 0 Å². The fraction of sp³-hybridized carbons (Fsp3) is 0.350. The molecule has 0 amide bonds. The number of hydrogen-bond acceptors (Lipinski definition) is 7. The summed E-state index contributed by atoms with van der Waals surface area (Å²) in [4.78, 5) is 22.9. The molecule has 0 bridgehead atoms. The molecule has 0 N–H and O–H groups in total. The van der Waals surface area contributed by atoms with E-state index in [-0.39, 0.29) is 18.0 Å². The summed E-state index contributed by atoms with van der Waals surface area (Å²) < 4.78 is 21.6. The minimum Gasteiger partial charge on any atom is -0.481 e. The van der Waals surface area contributed by atoms with Crippen LogP contribution in [0.2, 0.25) is 0 Å². The summed E-state index contributed by atoms with van der Waals surface area (Å²) in [5.41, 5.74) is 1.93. The minimum absolute atomic E-state index is 0.153. The van der Waals surface area contributed by atoms with Gasteiger partial charge < -0.3 is 18.9 Å². The molecule has 0 aliphatic carbocycles. The van der Waals surface area contributed by atoms with Crippen LogP contribution in [0.1, 0.15) is 29.4 Å². The lowest BCUT2D eigenvalue weighted by atomic mass is 10.1. The largest absolute Gasteiger partial charge is 0.481 e. The van der Waals surface area contributed by atoms with Gasteiger partial charge in [0.05, 0.1) is 18.1 Å². The maximum atomic E-state index is 12.2. The van der Waals surface area contributed by atoms with Crippen molar-refractivity contribution >= 4 is 11.7 Å². The van der Waals surface area contributed by atoms with E-state index in [4.69, 9.17) is 18.9 Å². The Bertz CT molecular complexity index is 855. The van der Waals surface area contributed by atoms with E-state index in [1.165, 1.54) is 12.1 Å². The van der Waals surface area contributed by atoms with E-state index in [1.807, 2.05) is 32.0 Å². The van der Waals surface area contributed by atoms with Crippen molar-refractivity contribution in [1.82, 2.24) is 0 Å². The van der Waals surface area contributed by atoms with Crippen LogP contribution in [0.4, 0.5) is 5.69 Å². The number of carbonyl (C=O) groups excluding carboxylic acids is 1. The van der Waals surface area contributed by atoms with Gasteiger partial charge in [0.1, 0.15) is 5.75 Å². The Labute approximate surface area is 162 Å². The molecule has 1 saturated heterocycles. The van der Waals surface area contributed by atoms with Gasteiger partial charge in [0.25, 0.3) is 0 Å². The number of hydrogen-bond donors (Lipinski definition) is 0. The summed E-state index contributed by atoms with van der Waals surface area (Å²) in [5, 5.41) is 11.4. The number of rotatable bonds is 6. The van der Waals surface area contributed by atoms with Crippen LogP contribution in [-0.2, 0) is 14.3 Å². The SMILES string of the molecule is Cc1cccc(C)c1OCC(=O)Oc1ccc(C2OCCCO2)cc1[N+](=O)[O-]. The zero-order chi connectivity index (χ0) is 20.1. The Morgan fingerprint density at radius 1 is 1.18 bits per heavy atom. The zero-order valence-electron chi connectivity index (χ0n) is 15.7. The predicted octanol–water partition coefficient (Wildman–Crippen LogP) is 3.63. The summed E-state index contributed by atoms with van der Waals surface area (Å²) >= 11 is 0. The van der Waals surface area contributed by atoms with Crippen LogP contribution in [0.15, 0.2) is 36.4 Å². The fourth-order valence-electron chi connectivity index (χ4n) is 2.90. The highest BCUT2D eigenvalue weighted by molar-refractivity contribution is 5.75. The van der Waals surface area contributed by atoms with Crippen molar-refractivity contribution in [2.75, 3.05) is 19.8 Å². The number of esters is 1. The molecule has 0 radical (unpaired) electrons. The van der Waals surface area contributed by atoms with E-state index in [0.717, 1.165) is 17.5 Å². The van der Waals surface area contributed by atoms with Gasteiger partial charge in [-0.1, -0.05) is 18.2 Å². The Balaban J connectivity index is 1.70.